The number of carbonyl (C=O) groups excluding carboxylic acids is 4. The van der Waals surface area contributed by atoms with E-state index in [-0.39, 0.29) is 11.5 Å². The molecule has 0 saturated carbocycles. The quantitative estimate of drug-likeness (QED) is 0.196. The second kappa shape index (κ2) is 11.0. The predicted octanol–water partition coefficient (Wildman–Crippen LogP) is 1.17. The molecule has 0 N–H and O–H groups in total. The van der Waals surface area contributed by atoms with E-state index in [1.54, 1.807) is 22.6 Å². The van der Waals surface area contributed by atoms with E-state index in [1.807, 2.05) is 0 Å². The van der Waals surface area contributed by atoms with Gasteiger partial charge in [0, 0.05) is 33.8 Å². The predicted molar refractivity (Wildman–Crippen MR) is 115 cm³/mol. The lowest BCUT2D eigenvalue weighted by molar-refractivity contribution is -0.294. The smallest absolute Gasteiger partial charge is 0.303 e. The Hall–Kier alpha value is -2.68. The summed E-state index contributed by atoms with van der Waals surface area (Å²) in [6, 6.07) is 1.10. The van der Waals surface area contributed by atoms with E-state index in [0.717, 1.165) is 40.0 Å². The molecule has 0 bridgehead atoms. The molecule has 12 nitrogen and oxygen atoms in total. The second-order valence-electron chi connectivity index (χ2n) is 7.02. The van der Waals surface area contributed by atoms with E-state index >= 15 is 0 Å². The van der Waals surface area contributed by atoms with Gasteiger partial charge in [0.15, 0.2) is 15.8 Å². The number of alkyl halides is 1. The number of rotatable bonds is 7. The summed E-state index contributed by atoms with van der Waals surface area (Å²) in [5, 5.41) is 0. The van der Waals surface area contributed by atoms with E-state index in [2.05, 4.69) is 0 Å². The van der Waals surface area contributed by atoms with Crippen LogP contribution in [0.15, 0.2) is 21.5 Å². The fourth-order valence-electron chi connectivity index (χ4n) is 3.03. The number of esters is 4. The molecule has 1 aliphatic heterocycles. The Labute approximate surface area is 201 Å². The topological polar surface area (TPSA) is 154 Å². The molecule has 2 rings (SSSR count). The summed E-state index contributed by atoms with van der Waals surface area (Å²) < 4.78 is 36.2. The average Bonchev–Trinajstić information content (AvgIpc) is 2.68. The Morgan fingerprint density at radius 3 is 2.06 bits per heavy atom. The van der Waals surface area contributed by atoms with Crippen molar-refractivity contribution in [2.45, 2.75) is 62.8 Å². The maximum Gasteiger partial charge on any atom is 0.303 e. The molecule has 1 aromatic heterocycles. The molecule has 0 aromatic carbocycles. The van der Waals surface area contributed by atoms with Crippen LogP contribution in [0.2, 0.25) is 0 Å². The summed E-state index contributed by atoms with van der Waals surface area (Å²) >= 11 is 1.71. The zero-order chi connectivity index (χ0) is 24.9. The van der Waals surface area contributed by atoms with Crippen LogP contribution in [0, 0.1) is 6.92 Å². The van der Waals surface area contributed by atoms with E-state index in [1.165, 1.54) is 6.92 Å². The van der Waals surface area contributed by atoms with E-state index in [4.69, 9.17) is 32.8 Å². The number of ether oxygens (including phenoxy) is 6. The van der Waals surface area contributed by atoms with Crippen LogP contribution in [0.1, 0.15) is 33.5 Å². The van der Waals surface area contributed by atoms with Crippen LogP contribution in [0.5, 0.6) is 5.75 Å². The first-order valence-electron chi connectivity index (χ1n) is 9.61. The molecule has 0 radical (unpaired) electrons. The number of aryl methyl sites for hydroxylation is 1. The van der Waals surface area contributed by atoms with Gasteiger partial charge in [0.25, 0.3) is 0 Å². The van der Waals surface area contributed by atoms with Crippen molar-refractivity contribution in [2.75, 3.05) is 6.61 Å². The number of carbonyl (C=O) groups is 4. The molecule has 13 heteroatoms. The van der Waals surface area contributed by atoms with Crippen LogP contribution >= 0.6 is 22.6 Å². The van der Waals surface area contributed by atoms with Crippen molar-refractivity contribution < 1.29 is 52.0 Å². The van der Waals surface area contributed by atoms with Gasteiger partial charge in [-0.15, -0.1) is 0 Å². The first kappa shape index (κ1) is 26.6. The van der Waals surface area contributed by atoms with Crippen molar-refractivity contribution in [3.63, 3.8) is 0 Å². The molecule has 1 aromatic rings. The van der Waals surface area contributed by atoms with Crippen LogP contribution in [0.4, 0.5) is 0 Å². The molecule has 0 amide bonds. The number of hydrogen-bond donors (Lipinski definition) is 0. The number of hydrogen-bond acceptors (Lipinski definition) is 12. The molecule has 5 unspecified atom stereocenters. The highest BCUT2D eigenvalue weighted by atomic mass is 127. The maximum atomic E-state index is 12.3. The van der Waals surface area contributed by atoms with E-state index < -0.39 is 64.1 Å². The van der Waals surface area contributed by atoms with Crippen molar-refractivity contribution in [3.8, 4) is 5.75 Å². The van der Waals surface area contributed by atoms with Crippen molar-refractivity contribution in [3.05, 3.63) is 28.3 Å². The summed E-state index contributed by atoms with van der Waals surface area (Å²) in [6.45, 7) is 5.44. The normalized spacial score (nSPS) is 26.6. The van der Waals surface area contributed by atoms with Gasteiger partial charge in [0.05, 0.1) is 6.26 Å². The lowest BCUT2D eigenvalue weighted by Crippen LogP contribution is -2.67. The minimum absolute atomic E-state index is 0.0952. The Kier molecular flexibility index (Phi) is 8.82. The largest absolute Gasteiger partial charge is 0.465 e. The highest BCUT2D eigenvalue weighted by Gasteiger charge is 2.60. The highest BCUT2D eigenvalue weighted by Crippen LogP contribution is 2.41. The van der Waals surface area contributed by atoms with Gasteiger partial charge in [0.2, 0.25) is 23.6 Å². The van der Waals surface area contributed by atoms with Crippen LogP contribution in [-0.4, -0.2) is 58.7 Å². The van der Waals surface area contributed by atoms with Crippen molar-refractivity contribution in [2.24, 2.45) is 0 Å². The summed E-state index contributed by atoms with van der Waals surface area (Å²) in [6.07, 6.45) is -4.71. The molecule has 1 aliphatic rings. The highest BCUT2D eigenvalue weighted by molar-refractivity contribution is 14.1. The van der Waals surface area contributed by atoms with E-state index in [0.29, 0.717) is 0 Å². The molecule has 182 valence electrons. The zero-order valence-electron chi connectivity index (χ0n) is 18.4. The third-order valence-electron chi connectivity index (χ3n) is 4.24. The molecular weight excluding hydrogens is 559 g/mol. The van der Waals surface area contributed by atoms with Gasteiger partial charge in [-0.3, -0.25) is 24.0 Å². The summed E-state index contributed by atoms with van der Waals surface area (Å²) in [7, 11) is 0. The summed E-state index contributed by atoms with van der Waals surface area (Å²) in [5.41, 5.74) is -0.561. The third-order valence-corrected chi connectivity index (χ3v) is 5.42. The SMILES string of the molecule is CC(=O)OCC1(I)OC(Oc2c(C)occc2=O)C(OC(C)=O)C(OC(C)=O)C1OC(C)=O. The van der Waals surface area contributed by atoms with Crippen LogP contribution in [-0.2, 0) is 42.9 Å². The molecule has 0 spiro atoms. The Morgan fingerprint density at radius 1 is 0.970 bits per heavy atom. The summed E-state index contributed by atoms with van der Waals surface area (Å²) in [5.74, 6) is -3.19. The van der Waals surface area contributed by atoms with Crippen molar-refractivity contribution >= 4 is 46.5 Å². The Balaban J connectivity index is 2.60. The standard InChI is InChI=1S/C20H23IO12/c1-9-15(14(26)6-7-27-9)32-19-17(30-12(4)24)16(29-11(3)23)18(31-13(5)25)20(21,33-19)8-28-10(2)22/h6-7,16-19H,8H2,1-5H3. The van der Waals surface area contributed by atoms with Crippen molar-refractivity contribution in [1.29, 1.82) is 0 Å². The lowest BCUT2D eigenvalue weighted by Gasteiger charge is -2.47. The fourth-order valence-corrected chi connectivity index (χ4v) is 3.92. The zero-order valence-corrected chi connectivity index (χ0v) is 20.6. The molecule has 2 heterocycles. The first-order valence-corrected chi connectivity index (χ1v) is 10.7. The van der Waals surface area contributed by atoms with Gasteiger partial charge >= 0.3 is 23.9 Å². The van der Waals surface area contributed by atoms with Crippen LogP contribution < -0.4 is 10.2 Å². The molecule has 5 atom stereocenters. The average molecular weight is 582 g/mol. The van der Waals surface area contributed by atoms with Gasteiger partial charge in [0.1, 0.15) is 12.4 Å². The number of halogens is 1. The van der Waals surface area contributed by atoms with E-state index in [9.17, 15) is 24.0 Å². The monoisotopic (exact) mass is 582 g/mol. The van der Waals surface area contributed by atoms with Gasteiger partial charge in [-0.25, -0.2) is 0 Å². The van der Waals surface area contributed by atoms with Gasteiger partial charge in [-0.2, -0.15) is 0 Å². The van der Waals surface area contributed by atoms with Crippen LogP contribution in [0.3, 0.4) is 0 Å². The van der Waals surface area contributed by atoms with Crippen LogP contribution in [0.25, 0.3) is 0 Å². The Bertz CT molecular complexity index is 972. The second-order valence-corrected chi connectivity index (χ2v) is 8.84. The fraction of sp³-hybridized carbons (Fsp3) is 0.550. The molecule has 33 heavy (non-hydrogen) atoms. The molecule has 1 saturated heterocycles. The Morgan fingerprint density at radius 2 is 1.55 bits per heavy atom. The first-order chi connectivity index (χ1) is 15.3. The molecule has 1 fully saturated rings. The minimum Gasteiger partial charge on any atom is -0.465 e. The summed E-state index contributed by atoms with van der Waals surface area (Å²) in [4.78, 5) is 59.3. The third kappa shape index (κ3) is 6.90. The lowest BCUT2D eigenvalue weighted by atomic mass is 9.98. The minimum atomic E-state index is -1.67. The molecule has 0 aliphatic carbocycles. The maximum absolute atomic E-state index is 12.3. The molecular formula is C20H23IO12. The van der Waals surface area contributed by atoms with Crippen molar-refractivity contribution in [1.82, 2.24) is 0 Å². The van der Waals surface area contributed by atoms with Gasteiger partial charge < -0.3 is 32.8 Å². The van der Waals surface area contributed by atoms with Gasteiger partial charge in [-0.05, 0) is 29.5 Å². The van der Waals surface area contributed by atoms with Gasteiger partial charge in [-0.1, -0.05) is 0 Å².